The molecule has 0 saturated carbocycles. The molecule has 0 radical (unpaired) electrons. The molecule has 4 amide bonds. The van der Waals surface area contributed by atoms with E-state index < -0.39 is 24.4 Å². The Hall–Kier alpha value is -3.52. The van der Waals surface area contributed by atoms with Gasteiger partial charge in [0, 0.05) is 16.3 Å². The average Bonchev–Trinajstić information content (AvgIpc) is 3.07. The Bertz CT molecular complexity index is 1370. The number of halogens is 3. The highest BCUT2D eigenvalue weighted by atomic mass is 35.5. The highest BCUT2D eigenvalue weighted by molar-refractivity contribution is 6.37. The van der Waals surface area contributed by atoms with Gasteiger partial charge in [0.15, 0.2) is 5.75 Å². The summed E-state index contributed by atoms with van der Waals surface area (Å²) in [5.41, 5.74) is 2.75. The number of nitrogens with one attached hydrogen (secondary N) is 2. The predicted molar refractivity (Wildman–Crippen MR) is 140 cm³/mol. The number of ether oxygens (including phenoxy) is 1. The first-order chi connectivity index (χ1) is 17.2. The van der Waals surface area contributed by atoms with Crippen molar-refractivity contribution in [1.29, 1.82) is 0 Å². The highest BCUT2D eigenvalue weighted by Gasteiger charge is 2.35. The Kier molecular flexibility index (Phi) is 7.84. The van der Waals surface area contributed by atoms with Crippen molar-refractivity contribution < 1.29 is 19.1 Å². The third-order valence-corrected chi connectivity index (χ3v) is 6.16. The fourth-order valence-corrected chi connectivity index (χ4v) is 4.32. The zero-order valence-electron chi connectivity index (χ0n) is 19.0. The number of carbonyl (C=O) groups excluding carboxylic acids is 3. The molecule has 4 rings (SSSR count). The second kappa shape index (κ2) is 11.0. The van der Waals surface area contributed by atoms with E-state index >= 15 is 0 Å². The third kappa shape index (κ3) is 5.99. The molecule has 10 heteroatoms. The van der Waals surface area contributed by atoms with Crippen LogP contribution in [0.3, 0.4) is 0 Å². The van der Waals surface area contributed by atoms with Crippen LogP contribution in [0.5, 0.6) is 5.75 Å². The quantitative estimate of drug-likeness (QED) is 0.279. The largest absolute Gasteiger partial charge is 0.486 e. The van der Waals surface area contributed by atoms with E-state index in [9.17, 15) is 14.4 Å². The van der Waals surface area contributed by atoms with Crippen LogP contribution in [-0.4, -0.2) is 29.3 Å². The Morgan fingerprint density at radius 2 is 1.72 bits per heavy atom. The van der Waals surface area contributed by atoms with E-state index in [1.165, 1.54) is 6.08 Å². The van der Waals surface area contributed by atoms with Gasteiger partial charge in [0.25, 0.3) is 5.91 Å². The molecular formula is C26H20Cl3N3O4. The Morgan fingerprint density at radius 1 is 1.00 bits per heavy atom. The van der Waals surface area contributed by atoms with Crippen molar-refractivity contribution in [2.24, 2.45) is 0 Å². The zero-order chi connectivity index (χ0) is 25.8. The highest BCUT2D eigenvalue weighted by Crippen LogP contribution is 2.36. The van der Waals surface area contributed by atoms with Crippen LogP contribution in [0, 0.1) is 6.92 Å². The number of anilines is 1. The van der Waals surface area contributed by atoms with Crippen molar-refractivity contribution >= 4 is 64.4 Å². The first kappa shape index (κ1) is 25.6. The number of hydrogen-bond donors (Lipinski definition) is 2. The van der Waals surface area contributed by atoms with E-state index in [4.69, 9.17) is 39.5 Å². The van der Waals surface area contributed by atoms with Gasteiger partial charge in [0.1, 0.15) is 18.8 Å². The lowest BCUT2D eigenvalue weighted by molar-refractivity contribution is -0.127. The summed E-state index contributed by atoms with van der Waals surface area (Å²) in [6, 6.07) is 16.8. The molecule has 7 nitrogen and oxygen atoms in total. The molecule has 0 bridgehead atoms. The van der Waals surface area contributed by atoms with Crippen LogP contribution < -0.4 is 15.4 Å². The van der Waals surface area contributed by atoms with Gasteiger partial charge < -0.3 is 15.4 Å². The van der Waals surface area contributed by atoms with Gasteiger partial charge in [-0.3, -0.25) is 9.59 Å². The minimum Gasteiger partial charge on any atom is -0.486 e. The van der Waals surface area contributed by atoms with Crippen molar-refractivity contribution in [2.45, 2.75) is 13.5 Å². The van der Waals surface area contributed by atoms with Gasteiger partial charge in [-0.2, -0.15) is 0 Å². The minimum atomic E-state index is -0.706. The minimum absolute atomic E-state index is 0.0137. The monoisotopic (exact) mass is 543 g/mol. The van der Waals surface area contributed by atoms with Gasteiger partial charge in [0.05, 0.1) is 10.0 Å². The summed E-state index contributed by atoms with van der Waals surface area (Å²) < 4.78 is 5.76. The molecular weight excluding hydrogens is 525 g/mol. The standard InChI is InChI=1S/C26H20Cl3N3O4/c1-15-5-4-7-18(9-15)30-23(33)13-32-25(34)22(31-26(32)35)12-16-10-20(28)24(21(29)11-16)36-14-17-6-2-3-8-19(17)27/h2-12H,13-14H2,1H3,(H,30,33)(H,31,35)/b22-12+. The molecule has 3 aromatic carbocycles. The van der Waals surface area contributed by atoms with E-state index in [-0.39, 0.29) is 28.1 Å². The maximum Gasteiger partial charge on any atom is 0.329 e. The SMILES string of the molecule is Cc1cccc(NC(=O)CN2C(=O)N/C(=C/c3cc(Cl)c(OCc4ccccc4Cl)c(Cl)c3)C2=O)c1. The second-order valence-corrected chi connectivity index (χ2v) is 9.21. The van der Waals surface area contributed by atoms with Crippen LogP contribution in [0.1, 0.15) is 16.7 Å². The fraction of sp³-hybridized carbons (Fsp3) is 0.115. The smallest absolute Gasteiger partial charge is 0.329 e. The van der Waals surface area contributed by atoms with E-state index in [2.05, 4.69) is 10.6 Å². The van der Waals surface area contributed by atoms with Gasteiger partial charge in [0.2, 0.25) is 5.91 Å². The Labute approximate surface area is 222 Å². The summed E-state index contributed by atoms with van der Waals surface area (Å²) in [4.78, 5) is 38.3. The third-order valence-electron chi connectivity index (χ3n) is 5.23. The van der Waals surface area contributed by atoms with E-state index in [1.54, 1.807) is 36.4 Å². The molecule has 0 aliphatic carbocycles. The number of amides is 4. The number of urea groups is 1. The van der Waals surface area contributed by atoms with Crippen molar-refractivity contribution in [2.75, 3.05) is 11.9 Å². The van der Waals surface area contributed by atoms with Crippen LogP contribution in [0.15, 0.2) is 66.4 Å². The summed E-state index contributed by atoms with van der Waals surface area (Å²) in [5.74, 6) is -0.890. The van der Waals surface area contributed by atoms with Crippen LogP contribution in [0.25, 0.3) is 6.08 Å². The molecule has 3 aromatic rings. The summed E-state index contributed by atoms with van der Waals surface area (Å²) in [7, 11) is 0. The summed E-state index contributed by atoms with van der Waals surface area (Å²) in [6.07, 6.45) is 1.42. The van der Waals surface area contributed by atoms with Crippen molar-refractivity contribution in [1.82, 2.24) is 10.2 Å². The maximum absolute atomic E-state index is 12.8. The first-order valence-corrected chi connectivity index (χ1v) is 11.9. The predicted octanol–water partition coefficient (Wildman–Crippen LogP) is 6.07. The van der Waals surface area contributed by atoms with E-state index in [0.29, 0.717) is 16.3 Å². The lowest BCUT2D eigenvalue weighted by Gasteiger charge is -2.12. The maximum atomic E-state index is 12.8. The molecule has 0 aromatic heterocycles. The van der Waals surface area contributed by atoms with Gasteiger partial charge >= 0.3 is 6.03 Å². The van der Waals surface area contributed by atoms with Crippen LogP contribution in [0.2, 0.25) is 15.1 Å². The Balaban J connectivity index is 1.44. The van der Waals surface area contributed by atoms with Crippen molar-refractivity contribution in [3.8, 4) is 5.75 Å². The van der Waals surface area contributed by atoms with Gasteiger partial charge in [-0.1, -0.05) is 65.1 Å². The number of hydrogen-bond acceptors (Lipinski definition) is 4. The Morgan fingerprint density at radius 3 is 2.42 bits per heavy atom. The lowest BCUT2D eigenvalue weighted by atomic mass is 10.1. The number of aryl methyl sites for hydroxylation is 1. The molecule has 0 unspecified atom stereocenters. The number of carbonyl (C=O) groups is 3. The number of benzene rings is 3. The second-order valence-electron chi connectivity index (χ2n) is 7.99. The number of imide groups is 1. The summed E-state index contributed by atoms with van der Waals surface area (Å²) in [5, 5.41) is 6.13. The number of rotatable bonds is 7. The van der Waals surface area contributed by atoms with Gasteiger partial charge in [-0.15, -0.1) is 0 Å². The van der Waals surface area contributed by atoms with Crippen LogP contribution in [-0.2, 0) is 16.2 Å². The summed E-state index contributed by atoms with van der Waals surface area (Å²) in [6.45, 7) is 1.61. The molecule has 0 spiro atoms. The first-order valence-electron chi connectivity index (χ1n) is 10.8. The molecule has 1 aliphatic rings. The van der Waals surface area contributed by atoms with E-state index in [0.717, 1.165) is 16.0 Å². The molecule has 1 saturated heterocycles. The van der Waals surface area contributed by atoms with Gasteiger partial charge in [-0.25, -0.2) is 9.69 Å². The topological polar surface area (TPSA) is 87.7 Å². The normalized spacial score (nSPS) is 14.2. The zero-order valence-corrected chi connectivity index (χ0v) is 21.2. The van der Waals surface area contributed by atoms with Crippen LogP contribution in [0.4, 0.5) is 10.5 Å². The molecule has 1 fully saturated rings. The molecule has 0 atom stereocenters. The lowest BCUT2D eigenvalue weighted by Crippen LogP contribution is -2.38. The van der Waals surface area contributed by atoms with E-state index in [1.807, 2.05) is 31.2 Å². The van der Waals surface area contributed by atoms with Crippen molar-refractivity contribution in [3.63, 3.8) is 0 Å². The van der Waals surface area contributed by atoms with Gasteiger partial charge in [-0.05, 0) is 54.5 Å². The molecule has 2 N–H and O–H groups in total. The van der Waals surface area contributed by atoms with Crippen LogP contribution >= 0.6 is 34.8 Å². The molecule has 1 heterocycles. The molecule has 1 aliphatic heterocycles. The summed E-state index contributed by atoms with van der Waals surface area (Å²) >= 11 is 18.9. The van der Waals surface area contributed by atoms with Crippen molar-refractivity contribution in [3.05, 3.63) is 98.1 Å². The molecule has 184 valence electrons. The molecule has 36 heavy (non-hydrogen) atoms. The average molecular weight is 545 g/mol. The fourth-order valence-electron chi connectivity index (χ4n) is 3.51. The number of nitrogens with zero attached hydrogens (tertiary/aromatic N) is 1.